The van der Waals surface area contributed by atoms with Crippen LogP contribution < -0.4 is 9.47 Å². The summed E-state index contributed by atoms with van der Waals surface area (Å²) in [4.78, 5) is 12.9. The topological polar surface area (TPSA) is 54.0 Å². The predicted octanol–water partition coefficient (Wildman–Crippen LogP) is 3.81. The average molecular weight is 358 g/mol. The van der Waals surface area contributed by atoms with Crippen molar-refractivity contribution in [2.75, 3.05) is 13.2 Å². The lowest BCUT2D eigenvalue weighted by Crippen LogP contribution is -2.50. The molecule has 3 heterocycles. The number of ketones is 1. The summed E-state index contributed by atoms with van der Waals surface area (Å²) in [6.45, 7) is 5.53. The quantitative estimate of drug-likeness (QED) is 0.706. The maximum absolute atomic E-state index is 12.9. The molecule has 0 amide bonds. The molecule has 0 unspecified atom stereocenters. The Kier molecular flexibility index (Phi) is 3.48. The molecular weight excluding hydrogens is 332 g/mol. The Morgan fingerprint density at radius 1 is 0.885 bits per heavy atom. The van der Waals surface area contributed by atoms with E-state index < -0.39 is 11.4 Å². The molecule has 0 bridgehead atoms. The predicted molar refractivity (Wildman–Crippen MR) is 94.9 cm³/mol. The first-order chi connectivity index (χ1) is 12.4. The van der Waals surface area contributed by atoms with Crippen molar-refractivity contribution < 1.29 is 23.7 Å². The van der Waals surface area contributed by atoms with Crippen LogP contribution in [0.4, 0.5) is 0 Å². The lowest BCUT2D eigenvalue weighted by Gasteiger charge is -2.45. The fraction of sp³-hybridized carbons (Fsp3) is 0.667. The van der Waals surface area contributed by atoms with E-state index >= 15 is 0 Å². The van der Waals surface area contributed by atoms with Gasteiger partial charge in [0.25, 0.3) is 0 Å². The van der Waals surface area contributed by atoms with Gasteiger partial charge in [-0.05, 0) is 51.2 Å². The number of rotatable bonds is 0. The van der Waals surface area contributed by atoms with Gasteiger partial charge in [0.05, 0.1) is 25.2 Å². The minimum atomic E-state index is -0.444. The van der Waals surface area contributed by atoms with E-state index in [1.54, 1.807) is 0 Å². The monoisotopic (exact) mass is 358 g/mol. The van der Waals surface area contributed by atoms with Gasteiger partial charge in [0.1, 0.15) is 22.7 Å². The molecular formula is C21H26O5. The highest BCUT2D eigenvalue weighted by Gasteiger charge is 2.50. The van der Waals surface area contributed by atoms with Crippen molar-refractivity contribution in [1.29, 1.82) is 0 Å². The molecule has 0 radical (unpaired) electrons. The van der Waals surface area contributed by atoms with Crippen molar-refractivity contribution in [3.8, 4) is 11.5 Å². The third-order valence-corrected chi connectivity index (χ3v) is 6.39. The van der Waals surface area contributed by atoms with Crippen LogP contribution in [0.25, 0.3) is 0 Å². The molecule has 0 N–H and O–H groups in total. The van der Waals surface area contributed by atoms with E-state index in [2.05, 4.69) is 13.8 Å². The zero-order chi connectivity index (χ0) is 18.0. The molecule has 5 heteroatoms. The Morgan fingerprint density at radius 3 is 2.35 bits per heavy atom. The number of carbonyl (C=O) groups is 1. The number of ether oxygens (including phenoxy) is 4. The number of benzene rings is 1. The van der Waals surface area contributed by atoms with E-state index in [1.165, 1.54) is 0 Å². The second-order valence-corrected chi connectivity index (χ2v) is 8.81. The summed E-state index contributed by atoms with van der Waals surface area (Å²) in [5, 5.41) is 0. The van der Waals surface area contributed by atoms with Crippen molar-refractivity contribution in [3.05, 3.63) is 23.3 Å². The fourth-order valence-corrected chi connectivity index (χ4v) is 4.79. The van der Waals surface area contributed by atoms with Gasteiger partial charge in [-0.15, -0.1) is 0 Å². The molecule has 0 atom stereocenters. The molecule has 5 nitrogen and oxygen atoms in total. The summed E-state index contributed by atoms with van der Waals surface area (Å²) in [7, 11) is 0. The Morgan fingerprint density at radius 2 is 1.62 bits per heavy atom. The molecule has 4 aliphatic rings. The molecule has 1 saturated carbocycles. The smallest absolute Gasteiger partial charge is 0.170 e. The summed E-state index contributed by atoms with van der Waals surface area (Å²) in [5.74, 6) is 1.28. The van der Waals surface area contributed by atoms with Gasteiger partial charge in [-0.25, -0.2) is 0 Å². The first-order valence-corrected chi connectivity index (χ1v) is 9.74. The van der Waals surface area contributed by atoms with Crippen LogP contribution in [0.3, 0.4) is 0 Å². The number of aryl methyl sites for hydroxylation is 1. The Bertz CT molecular complexity index is 750. The molecule has 3 aliphatic heterocycles. The summed E-state index contributed by atoms with van der Waals surface area (Å²) in [5.41, 5.74) is 1.23. The third-order valence-electron chi connectivity index (χ3n) is 6.39. The second kappa shape index (κ2) is 5.46. The van der Waals surface area contributed by atoms with Gasteiger partial charge in [-0.1, -0.05) is 0 Å². The van der Waals surface area contributed by atoms with Gasteiger partial charge in [-0.3, -0.25) is 4.79 Å². The van der Waals surface area contributed by atoms with E-state index in [9.17, 15) is 4.79 Å². The Balaban J connectivity index is 1.43. The Labute approximate surface area is 153 Å². The van der Waals surface area contributed by atoms with E-state index in [4.69, 9.17) is 18.9 Å². The number of hydrogen-bond acceptors (Lipinski definition) is 5. The first kappa shape index (κ1) is 16.6. The van der Waals surface area contributed by atoms with Crippen LogP contribution >= 0.6 is 0 Å². The van der Waals surface area contributed by atoms with E-state index in [-0.39, 0.29) is 11.4 Å². The van der Waals surface area contributed by atoms with E-state index in [0.717, 1.165) is 49.8 Å². The fourth-order valence-electron chi connectivity index (χ4n) is 4.79. The highest BCUT2D eigenvalue weighted by molar-refractivity contribution is 6.00. The van der Waals surface area contributed by atoms with E-state index in [1.807, 2.05) is 12.1 Å². The van der Waals surface area contributed by atoms with Crippen LogP contribution in [0.2, 0.25) is 0 Å². The lowest BCUT2D eigenvalue weighted by molar-refractivity contribution is -0.199. The zero-order valence-corrected chi connectivity index (χ0v) is 15.6. The normalized spacial score (nSPS) is 27.5. The van der Waals surface area contributed by atoms with Crippen LogP contribution in [-0.2, 0) is 15.9 Å². The maximum Gasteiger partial charge on any atom is 0.170 e. The maximum atomic E-state index is 12.9. The van der Waals surface area contributed by atoms with Gasteiger partial charge < -0.3 is 18.9 Å². The number of carbonyl (C=O) groups excluding carboxylic acids is 1. The largest absolute Gasteiger partial charge is 0.487 e. The molecule has 140 valence electrons. The lowest BCUT2D eigenvalue weighted by atomic mass is 9.76. The second-order valence-electron chi connectivity index (χ2n) is 8.81. The van der Waals surface area contributed by atoms with Gasteiger partial charge in [0.15, 0.2) is 11.6 Å². The molecule has 5 rings (SSSR count). The first-order valence-electron chi connectivity index (χ1n) is 9.74. The minimum absolute atomic E-state index is 0.175. The van der Waals surface area contributed by atoms with Crippen molar-refractivity contribution in [3.63, 3.8) is 0 Å². The van der Waals surface area contributed by atoms with Crippen LogP contribution in [0.1, 0.15) is 68.3 Å². The summed E-state index contributed by atoms with van der Waals surface area (Å²) < 4.78 is 24.2. The number of fused-ring (bicyclic) bond motifs is 2. The van der Waals surface area contributed by atoms with Gasteiger partial charge in [0.2, 0.25) is 0 Å². The summed E-state index contributed by atoms with van der Waals surface area (Å²) in [6.07, 6.45) is 5.46. The molecule has 26 heavy (non-hydrogen) atoms. The highest BCUT2D eigenvalue weighted by Crippen LogP contribution is 2.48. The molecule has 1 aliphatic carbocycles. The molecule has 0 aromatic heterocycles. The van der Waals surface area contributed by atoms with E-state index in [0.29, 0.717) is 30.9 Å². The number of Topliss-reactive ketones (excluding diaryl/α,β-unsaturated/α-hetero) is 1. The third kappa shape index (κ3) is 2.64. The Hall–Kier alpha value is -1.59. The summed E-state index contributed by atoms with van der Waals surface area (Å²) >= 11 is 0. The SMILES string of the molecule is CC1(C)CCc2cc3c(cc2O1)OC1(CCC2(CC1)OCCO2)CC3=O. The highest BCUT2D eigenvalue weighted by atomic mass is 16.7. The molecule has 2 fully saturated rings. The minimum Gasteiger partial charge on any atom is -0.487 e. The van der Waals surface area contributed by atoms with Crippen LogP contribution in [-0.4, -0.2) is 36.0 Å². The van der Waals surface area contributed by atoms with Gasteiger partial charge >= 0.3 is 0 Å². The van der Waals surface area contributed by atoms with Crippen molar-refractivity contribution in [2.24, 2.45) is 0 Å². The van der Waals surface area contributed by atoms with Crippen LogP contribution in [0, 0.1) is 0 Å². The molecule has 1 aromatic carbocycles. The van der Waals surface area contributed by atoms with Crippen molar-refractivity contribution in [2.45, 2.75) is 75.8 Å². The van der Waals surface area contributed by atoms with Crippen LogP contribution in [0.5, 0.6) is 11.5 Å². The van der Waals surface area contributed by atoms with Gasteiger partial charge in [-0.2, -0.15) is 0 Å². The summed E-state index contributed by atoms with van der Waals surface area (Å²) in [6, 6.07) is 3.93. The van der Waals surface area contributed by atoms with Gasteiger partial charge in [0, 0.05) is 18.9 Å². The van der Waals surface area contributed by atoms with Crippen molar-refractivity contribution in [1.82, 2.24) is 0 Å². The molecule has 1 saturated heterocycles. The van der Waals surface area contributed by atoms with Crippen LogP contribution in [0.15, 0.2) is 12.1 Å². The average Bonchev–Trinajstić information content (AvgIpc) is 3.05. The van der Waals surface area contributed by atoms with Crippen molar-refractivity contribution >= 4 is 5.78 Å². The molecule has 2 spiro atoms. The number of hydrogen-bond donors (Lipinski definition) is 0. The zero-order valence-electron chi connectivity index (χ0n) is 15.6. The molecule has 1 aromatic rings. The standard InChI is InChI=1S/C21H26O5/c1-19(2)4-3-14-11-15-16(22)13-20(26-18(15)12-17(14)25-19)5-7-21(8-6-20)23-9-10-24-21/h11-12H,3-10,13H2,1-2H3.